The summed E-state index contributed by atoms with van der Waals surface area (Å²) in [5, 5.41) is 6.52. The molecule has 1 saturated heterocycles. The van der Waals surface area contributed by atoms with Gasteiger partial charge in [0.1, 0.15) is 0 Å². The summed E-state index contributed by atoms with van der Waals surface area (Å²) in [7, 11) is 0. The van der Waals surface area contributed by atoms with Gasteiger partial charge < -0.3 is 19.2 Å². The summed E-state index contributed by atoms with van der Waals surface area (Å²) >= 11 is 0. The molecule has 8 heteroatoms. The van der Waals surface area contributed by atoms with Gasteiger partial charge in [-0.05, 0) is 18.6 Å². The Hall–Kier alpha value is -2.64. The molecular weight excluding hydrogens is 288 g/mol. The van der Waals surface area contributed by atoms with E-state index in [0.717, 1.165) is 0 Å². The number of aryl methyl sites for hydroxylation is 1. The van der Waals surface area contributed by atoms with Crippen LogP contribution in [0.1, 0.15) is 18.7 Å². The van der Waals surface area contributed by atoms with E-state index in [1.807, 2.05) is 0 Å². The molecule has 0 bridgehead atoms. The number of rotatable bonds is 5. The lowest BCUT2D eigenvalue weighted by Gasteiger charge is -2.26. The molecule has 0 spiro atoms. The summed E-state index contributed by atoms with van der Waals surface area (Å²) in [6.07, 6.45) is 3.00. The summed E-state index contributed by atoms with van der Waals surface area (Å²) in [6.45, 7) is 1.22. The average Bonchev–Trinajstić information content (AvgIpc) is 3.18. The lowest BCUT2D eigenvalue weighted by molar-refractivity contribution is -0.138. The predicted molar refractivity (Wildman–Crippen MR) is 74.5 cm³/mol. The Balaban J connectivity index is 1.47. The molecule has 116 valence electrons. The van der Waals surface area contributed by atoms with E-state index < -0.39 is 0 Å². The van der Waals surface area contributed by atoms with E-state index in [2.05, 4.69) is 15.5 Å². The Bertz CT molecular complexity index is 650. The minimum Gasteiger partial charge on any atom is -0.461 e. The second kappa shape index (κ2) is 6.42. The van der Waals surface area contributed by atoms with Crippen LogP contribution < -0.4 is 5.32 Å². The van der Waals surface area contributed by atoms with Crippen molar-refractivity contribution < 1.29 is 18.5 Å². The van der Waals surface area contributed by atoms with Gasteiger partial charge in [-0.3, -0.25) is 9.59 Å². The first-order valence-electron chi connectivity index (χ1n) is 7.13. The van der Waals surface area contributed by atoms with Crippen molar-refractivity contribution in [2.45, 2.75) is 19.3 Å². The number of hydrogen-bond donors (Lipinski definition) is 1. The lowest BCUT2D eigenvalue weighted by atomic mass is 10.2. The first-order valence-corrected chi connectivity index (χ1v) is 7.13. The molecule has 3 rings (SSSR count). The van der Waals surface area contributed by atoms with Gasteiger partial charge in [-0.1, -0.05) is 5.16 Å². The summed E-state index contributed by atoms with van der Waals surface area (Å²) in [5.41, 5.74) is 0. The quantitative estimate of drug-likeness (QED) is 0.868. The number of nitrogens with one attached hydrogen (secondary N) is 1. The van der Waals surface area contributed by atoms with Gasteiger partial charge in [0.05, 0.1) is 12.8 Å². The molecule has 0 aromatic carbocycles. The molecule has 0 aliphatic carbocycles. The molecule has 2 aromatic rings. The van der Waals surface area contributed by atoms with Gasteiger partial charge in [-0.25, -0.2) is 0 Å². The fourth-order valence-electron chi connectivity index (χ4n) is 2.26. The normalized spacial score (nSPS) is 14.9. The smallest absolute Gasteiger partial charge is 0.239 e. The molecule has 1 N–H and O–H groups in total. The van der Waals surface area contributed by atoms with Crippen LogP contribution in [0.4, 0.5) is 0 Å². The first kappa shape index (κ1) is 14.3. The molecule has 0 radical (unpaired) electrons. The third-order valence-electron chi connectivity index (χ3n) is 3.38. The highest BCUT2D eigenvalue weighted by Crippen LogP contribution is 2.16. The molecule has 8 nitrogen and oxygen atoms in total. The predicted octanol–water partition coefficient (Wildman–Crippen LogP) is 0.611. The highest BCUT2D eigenvalue weighted by Gasteiger charge is 2.20. The van der Waals surface area contributed by atoms with Gasteiger partial charge in [-0.2, -0.15) is 4.98 Å². The molecule has 0 unspecified atom stereocenters. The van der Waals surface area contributed by atoms with Crippen LogP contribution in [0.25, 0.3) is 11.6 Å². The van der Waals surface area contributed by atoms with E-state index in [4.69, 9.17) is 8.94 Å². The van der Waals surface area contributed by atoms with Gasteiger partial charge in [0, 0.05) is 25.9 Å². The van der Waals surface area contributed by atoms with Gasteiger partial charge in [0.15, 0.2) is 5.76 Å². The summed E-state index contributed by atoms with van der Waals surface area (Å²) in [5.74, 6) is 1.28. The Labute approximate surface area is 126 Å². The van der Waals surface area contributed by atoms with E-state index in [0.29, 0.717) is 49.8 Å². The minimum absolute atomic E-state index is 0.0272. The second-order valence-corrected chi connectivity index (χ2v) is 5.01. The van der Waals surface area contributed by atoms with Crippen molar-refractivity contribution in [1.82, 2.24) is 20.4 Å². The molecule has 1 fully saturated rings. The minimum atomic E-state index is -0.111. The van der Waals surface area contributed by atoms with Crippen LogP contribution in [-0.2, 0) is 16.0 Å². The zero-order valence-electron chi connectivity index (χ0n) is 11.9. The monoisotopic (exact) mass is 304 g/mol. The molecule has 1 aliphatic rings. The van der Waals surface area contributed by atoms with Crippen LogP contribution in [0.15, 0.2) is 27.3 Å². The maximum absolute atomic E-state index is 12.0. The molecule has 2 amide bonds. The number of furan rings is 1. The number of nitrogens with zero attached hydrogens (tertiary/aromatic N) is 3. The van der Waals surface area contributed by atoms with Crippen molar-refractivity contribution in [3.8, 4) is 11.6 Å². The van der Waals surface area contributed by atoms with Gasteiger partial charge >= 0.3 is 0 Å². The molecule has 22 heavy (non-hydrogen) atoms. The van der Waals surface area contributed by atoms with Crippen LogP contribution in [0, 0.1) is 0 Å². The maximum Gasteiger partial charge on any atom is 0.239 e. The fraction of sp³-hybridized carbons (Fsp3) is 0.429. The van der Waals surface area contributed by atoms with Crippen molar-refractivity contribution in [3.63, 3.8) is 0 Å². The van der Waals surface area contributed by atoms with Gasteiger partial charge in [0.25, 0.3) is 0 Å². The molecule has 2 aromatic heterocycles. The molecule has 0 atom stereocenters. The standard InChI is InChI=1S/C14H16N4O4/c19-11-9-18(7-6-15-11)13(20)5-1-4-12-16-14(17-22-12)10-3-2-8-21-10/h2-3,8H,1,4-7,9H2,(H,15,19). The molecule has 1 aliphatic heterocycles. The number of hydrogen-bond acceptors (Lipinski definition) is 6. The van der Waals surface area contributed by atoms with Crippen LogP contribution in [0.2, 0.25) is 0 Å². The Morgan fingerprint density at radius 2 is 2.36 bits per heavy atom. The number of aromatic nitrogens is 2. The Morgan fingerprint density at radius 3 is 3.14 bits per heavy atom. The van der Waals surface area contributed by atoms with Crippen molar-refractivity contribution >= 4 is 11.8 Å². The van der Waals surface area contributed by atoms with Gasteiger partial charge in [0.2, 0.25) is 23.5 Å². The van der Waals surface area contributed by atoms with Gasteiger partial charge in [-0.15, -0.1) is 0 Å². The SMILES string of the molecule is O=C1CN(C(=O)CCCc2nc(-c3ccco3)no2)CCN1. The van der Waals surface area contributed by atoms with E-state index in [-0.39, 0.29) is 18.4 Å². The number of carbonyl (C=O) groups is 2. The highest BCUT2D eigenvalue weighted by molar-refractivity contribution is 5.85. The van der Waals surface area contributed by atoms with E-state index in [9.17, 15) is 9.59 Å². The van der Waals surface area contributed by atoms with Crippen molar-refractivity contribution in [3.05, 3.63) is 24.3 Å². The van der Waals surface area contributed by atoms with Crippen LogP contribution in [0.3, 0.4) is 0 Å². The zero-order chi connectivity index (χ0) is 15.4. The topological polar surface area (TPSA) is 101 Å². The summed E-state index contributed by atoms with van der Waals surface area (Å²) in [4.78, 5) is 29.0. The average molecular weight is 304 g/mol. The first-order chi connectivity index (χ1) is 10.7. The highest BCUT2D eigenvalue weighted by atomic mass is 16.5. The third-order valence-corrected chi connectivity index (χ3v) is 3.38. The number of amides is 2. The maximum atomic E-state index is 12.0. The molecular formula is C14H16N4O4. The van der Waals surface area contributed by atoms with E-state index in [1.165, 1.54) is 0 Å². The summed E-state index contributed by atoms with van der Waals surface area (Å²) < 4.78 is 10.3. The van der Waals surface area contributed by atoms with Crippen LogP contribution in [-0.4, -0.2) is 46.5 Å². The largest absolute Gasteiger partial charge is 0.461 e. The third kappa shape index (κ3) is 3.33. The lowest BCUT2D eigenvalue weighted by Crippen LogP contribution is -2.49. The van der Waals surface area contributed by atoms with E-state index in [1.54, 1.807) is 23.3 Å². The van der Waals surface area contributed by atoms with E-state index >= 15 is 0 Å². The fourth-order valence-corrected chi connectivity index (χ4v) is 2.26. The number of carbonyl (C=O) groups excluding carboxylic acids is 2. The van der Waals surface area contributed by atoms with Crippen LogP contribution in [0.5, 0.6) is 0 Å². The van der Waals surface area contributed by atoms with Crippen molar-refractivity contribution in [1.29, 1.82) is 0 Å². The van der Waals surface area contributed by atoms with Crippen molar-refractivity contribution in [2.75, 3.05) is 19.6 Å². The van der Waals surface area contributed by atoms with Crippen molar-refractivity contribution in [2.24, 2.45) is 0 Å². The second-order valence-electron chi connectivity index (χ2n) is 5.01. The van der Waals surface area contributed by atoms with Crippen LogP contribution >= 0.6 is 0 Å². The Morgan fingerprint density at radius 1 is 1.45 bits per heavy atom. The molecule has 0 saturated carbocycles. The number of piperazine rings is 1. The zero-order valence-corrected chi connectivity index (χ0v) is 11.9. The molecule has 3 heterocycles. The summed E-state index contributed by atoms with van der Waals surface area (Å²) in [6, 6.07) is 3.50. The Kier molecular flexibility index (Phi) is 4.17.